The summed E-state index contributed by atoms with van der Waals surface area (Å²) in [4.78, 5) is 0. The first-order valence-electron chi connectivity index (χ1n) is 11.1. The molecule has 1 heterocycles. The van der Waals surface area contributed by atoms with Crippen LogP contribution in [0.5, 0.6) is 17.2 Å². The van der Waals surface area contributed by atoms with Crippen LogP contribution in [-0.2, 0) is 4.57 Å². The zero-order valence-corrected chi connectivity index (χ0v) is 20.0. The molecule has 0 amide bonds. The van der Waals surface area contributed by atoms with E-state index in [2.05, 4.69) is 6.07 Å². The lowest BCUT2D eigenvalue weighted by Crippen LogP contribution is -2.26. The number of hydrogen-bond acceptors (Lipinski definition) is 5. The Labute approximate surface area is 202 Å². The van der Waals surface area contributed by atoms with E-state index >= 15 is 0 Å². The minimum absolute atomic E-state index is 0.432. The van der Waals surface area contributed by atoms with Crippen molar-refractivity contribution in [2.24, 2.45) is 0 Å². The van der Waals surface area contributed by atoms with Gasteiger partial charge in [-0.3, -0.25) is 4.57 Å². The van der Waals surface area contributed by atoms with Crippen LogP contribution in [0, 0.1) is 11.3 Å². The van der Waals surface area contributed by atoms with Crippen LogP contribution in [-0.4, -0.2) is 14.2 Å². The molecule has 0 saturated heterocycles. The van der Waals surface area contributed by atoms with Gasteiger partial charge in [-0.25, -0.2) is 0 Å². The first-order chi connectivity index (χ1) is 17.1. The van der Waals surface area contributed by atoms with E-state index in [4.69, 9.17) is 14.0 Å². The molecule has 5 aromatic carbocycles. The Hall–Kier alpha value is -4.26. The minimum atomic E-state index is -3.62. The number of hydrogen-bond donors (Lipinski definition) is 0. The molecule has 6 rings (SSSR count). The van der Waals surface area contributed by atoms with Gasteiger partial charge in [0.2, 0.25) is 0 Å². The zero-order valence-electron chi connectivity index (χ0n) is 19.1. The van der Waals surface area contributed by atoms with Crippen molar-refractivity contribution in [2.75, 3.05) is 14.2 Å². The van der Waals surface area contributed by atoms with Crippen LogP contribution in [0.2, 0.25) is 0 Å². The van der Waals surface area contributed by atoms with Crippen LogP contribution in [0.4, 0.5) is 0 Å². The van der Waals surface area contributed by atoms with Crippen molar-refractivity contribution < 1.29 is 18.6 Å². The van der Waals surface area contributed by atoms with Gasteiger partial charge < -0.3 is 14.0 Å². The Morgan fingerprint density at radius 2 is 1.51 bits per heavy atom. The molecule has 0 aliphatic carbocycles. The highest BCUT2D eigenvalue weighted by atomic mass is 31.2. The van der Waals surface area contributed by atoms with Crippen LogP contribution >= 0.6 is 7.37 Å². The molecular weight excluding hydrogens is 457 g/mol. The normalized spacial score (nSPS) is 16.1. The molecule has 0 bridgehead atoms. The van der Waals surface area contributed by atoms with E-state index in [0.29, 0.717) is 33.4 Å². The van der Waals surface area contributed by atoms with E-state index in [1.54, 1.807) is 26.4 Å². The fourth-order valence-corrected chi connectivity index (χ4v) is 7.31. The predicted molar refractivity (Wildman–Crippen MR) is 139 cm³/mol. The van der Waals surface area contributed by atoms with Crippen molar-refractivity contribution in [3.05, 3.63) is 90.5 Å². The van der Waals surface area contributed by atoms with Crippen LogP contribution in [0.25, 0.3) is 32.7 Å². The molecule has 1 unspecified atom stereocenters. The smallest absolute Gasteiger partial charge is 0.311 e. The van der Waals surface area contributed by atoms with Gasteiger partial charge in [0.15, 0.2) is 0 Å². The van der Waals surface area contributed by atoms with Gasteiger partial charge in [-0.1, -0.05) is 42.5 Å². The fraction of sp³-hybridized carbons (Fsp3) is 0.0690. The molecule has 0 spiro atoms. The molecule has 6 heteroatoms. The van der Waals surface area contributed by atoms with Crippen LogP contribution < -0.4 is 24.6 Å². The lowest BCUT2D eigenvalue weighted by atomic mass is 10.0. The van der Waals surface area contributed by atoms with E-state index in [1.807, 2.05) is 72.8 Å². The molecule has 0 fully saturated rings. The maximum Gasteiger partial charge on any atom is 0.311 e. The molecule has 35 heavy (non-hydrogen) atoms. The van der Waals surface area contributed by atoms with Crippen molar-refractivity contribution in [2.45, 2.75) is 0 Å². The van der Waals surface area contributed by atoms with Gasteiger partial charge in [0, 0.05) is 16.3 Å². The van der Waals surface area contributed by atoms with Crippen molar-refractivity contribution in [3.8, 4) is 34.4 Å². The highest BCUT2D eigenvalue weighted by Gasteiger charge is 2.41. The van der Waals surface area contributed by atoms with E-state index in [-0.39, 0.29) is 0 Å². The Kier molecular flexibility index (Phi) is 4.81. The molecule has 0 N–H and O–H groups in total. The van der Waals surface area contributed by atoms with Gasteiger partial charge in [0.25, 0.3) is 0 Å². The van der Waals surface area contributed by atoms with Gasteiger partial charge in [-0.05, 0) is 58.8 Å². The third-order valence-electron chi connectivity index (χ3n) is 6.48. The molecule has 170 valence electrons. The molecule has 1 aliphatic rings. The molecule has 1 atom stereocenters. The second-order valence-electron chi connectivity index (χ2n) is 8.36. The first kappa shape index (κ1) is 21.3. The van der Waals surface area contributed by atoms with Gasteiger partial charge in [0.05, 0.1) is 36.5 Å². The number of nitriles is 1. The van der Waals surface area contributed by atoms with E-state index in [0.717, 1.165) is 32.7 Å². The summed E-state index contributed by atoms with van der Waals surface area (Å²) in [6, 6.07) is 28.6. The molecule has 5 nitrogen and oxygen atoms in total. The predicted octanol–water partition coefficient (Wildman–Crippen LogP) is 6.17. The molecule has 1 aliphatic heterocycles. The summed E-state index contributed by atoms with van der Waals surface area (Å²) in [5.74, 6) is 1.59. The van der Waals surface area contributed by atoms with Gasteiger partial charge in [0.1, 0.15) is 17.2 Å². The van der Waals surface area contributed by atoms with Gasteiger partial charge >= 0.3 is 7.37 Å². The summed E-state index contributed by atoms with van der Waals surface area (Å²) in [6.07, 6.45) is 0. The number of para-hydroxylation sites is 1. The number of methoxy groups -OCH3 is 2. The summed E-state index contributed by atoms with van der Waals surface area (Å²) in [5, 5.41) is 13.8. The minimum Gasteiger partial charge on any atom is -0.496 e. The molecular formula is C29H20NO4P. The van der Waals surface area contributed by atoms with Gasteiger partial charge in [-0.15, -0.1) is 0 Å². The van der Waals surface area contributed by atoms with E-state index < -0.39 is 7.37 Å². The first-order valence-corrected chi connectivity index (χ1v) is 12.7. The largest absolute Gasteiger partial charge is 0.496 e. The van der Waals surface area contributed by atoms with Crippen molar-refractivity contribution in [1.82, 2.24) is 0 Å². The number of nitrogens with zero attached hydrogens (tertiary/aromatic N) is 1. The molecule has 5 aromatic rings. The summed E-state index contributed by atoms with van der Waals surface area (Å²) in [6.45, 7) is 0. The third kappa shape index (κ3) is 3.11. The Balaban J connectivity index is 1.70. The standard InChI is InChI=1S/C29H20NO4P/c1-32-26-16-28(29(33-2)24-15-20-13-18(17-30)11-12-19(20)14-23(24)26)35(31)27-10-6-4-8-22(27)21-7-3-5-9-25(21)34-35/h3-16H,1-2H3. The Bertz CT molecular complexity index is 1750. The quantitative estimate of drug-likeness (QED) is 0.230. The lowest BCUT2D eigenvalue weighted by molar-refractivity contribution is 0.412. The number of ether oxygens (including phenoxy) is 2. The monoisotopic (exact) mass is 477 g/mol. The average Bonchev–Trinajstić information content (AvgIpc) is 2.90. The van der Waals surface area contributed by atoms with Crippen molar-refractivity contribution in [3.63, 3.8) is 0 Å². The second-order valence-corrected chi connectivity index (χ2v) is 10.6. The van der Waals surface area contributed by atoms with Crippen molar-refractivity contribution >= 4 is 39.5 Å². The Morgan fingerprint density at radius 1 is 0.771 bits per heavy atom. The number of benzene rings is 5. The summed E-state index contributed by atoms with van der Waals surface area (Å²) < 4.78 is 32.9. The number of rotatable bonds is 3. The topological polar surface area (TPSA) is 68.6 Å². The van der Waals surface area contributed by atoms with Crippen LogP contribution in [0.1, 0.15) is 5.56 Å². The summed E-state index contributed by atoms with van der Waals surface area (Å²) in [7, 11) is -0.462. The number of fused-ring (bicyclic) bond motifs is 5. The zero-order chi connectivity index (χ0) is 24.2. The van der Waals surface area contributed by atoms with Crippen molar-refractivity contribution in [1.29, 1.82) is 5.26 Å². The fourth-order valence-electron chi connectivity index (χ4n) is 4.86. The summed E-state index contributed by atoms with van der Waals surface area (Å²) >= 11 is 0. The maximum absolute atomic E-state index is 14.9. The average molecular weight is 477 g/mol. The second kappa shape index (κ2) is 7.91. The molecule has 0 radical (unpaired) electrons. The highest BCUT2D eigenvalue weighted by molar-refractivity contribution is 7.75. The van der Waals surface area contributed by atoms with Gasteiger partial charge in [-0.2, -0.15) is 5.26 Å². The van der Waals surface area contributed by atoms with E-state index in [9.17, 15) is 9.83 Å². The molecule has 0 aromatic heterocycles. The third-order valence-corrected chi connectivity index (χ3v) is 8.93. The highest BCUT2D eigenvalue weighted by Crippen LogP contribution is 2.56. The summed E-state index contributed by atoms with van der Waals surface area (Å²) in [5.41, 5.74) is 2.33. The maximum atomic E-state index is 14.9. The van der Waals surface area contributed by atoms with E-state index in [1.165, 1.54) is 0 Å². The Morgan fingerprint density at radius 3 is 2.29 bits per heavy atom. The van der Waals surface area contributed by atoms with Crippen LogP contribution in [0.15, 0.2) is 84.9 Å². The SMILES string of the molecule is COc1cc(P2(=O)Oc3ccccc3-c3ccccc32)c(OC)c2cc3cc(C#N)ccc3cc12. The lowest BCUT2D eigenvalue weighted by Gasteiger charge is -2.30. The molecule has 0 saturated carbocycles. The van der Waals surface area contributed by atoms with Crippen LogP contribution in [0.3, 0.4) is 0 Å².